The molecule has 6 heteroatoms. The first kappa shape index (κ1) is 14.3. The summed E-state index contributed by atoms with van der Waals surface area (Å²) in [6, 6.07) is 6.99. The summed E-state index contributed by atoms with van der Waals surface area (Å²) in [4.78, 5) is 22.2. The Morgan fingerprint density at radius 2 is 1.83 bits per heavy atom. The Morgan fingerprint density at radius 1 is 1.17 bits per heavy atom. The van der Waals surface area contributed by atoms with Crippen molar-refractivity contribution in [2.75, 3.05) is 17.7 Å². The van der Waals surface area contributed by atoms with Gasteiger partial charge >= 0.3 is 6.03 Å². The minimum Gasteiger partial charge on any atom is -0.338 e. The van der Waals surface area contributed by atoms with Crippen LogP contribution in [0.15, 0.2) is 24.3 Å². The molecule has 5 nitrogen and oxygen atoms in total. The van der Waals surface area contributed by atoms with Crippen molar-refractivity contribution in [1.82, 2.24) is 10.6 Å². The molecule has 0 bridgehead atoms. The number of amides is 3. The second-order valence-electron chi connectivity index (χ2n) is 3.59. The molecule has 0 unspecified atom stereocenters. The molecule has 3 N–H and O–H groups in total. The summed E-state index contributed by atoms with van der Waals surface area (Å²) in [5.41, 5.74) is 1.63. The molecule has 18 heavy (non-hydrogen) atoms. The number of alkyl halides is 1. The van der Waals surface area contributed by atoms with E-state index >= 15 is 0 Å². The van der Waals surface area contributed by atoms with Crippen LogP contribution >= 0.6 is 11.6 Å². The standard InChI is InChI=1S/C12H16ClN3O2/c1-2-14-12(18)15-8-9-3-5-10(6-4-9)16-11(17)7-13/h3-6H,2,7-8H2,1H3,(H,16,17)(H2,14,15,18). The zero-order chi connectivity index (χ0) is 13.4. The average Bonchev–Trinajstić information content (AvgIpc) is 2.38. The second kappa shape index (κ2) is 7.55. The monoisotopic (exact) mass is 269 g/mol. The first-order valence-corrected chi connectivity index (χ1v) is 6.15. The van der Waals surface area contributed by atoms with E-state index in [2.05, 4.69) is 16.0 Å². The predicted molar refractivity (Wildman–Crippen MR) is 71.7 cm³/mol. The van der Waals surface area contributed by atoms with Gasteiger partial charge in [-0.05, 0) is 24.6 Å². The van der Waals surface area contributed by atoms with E-state index in [0.717, 1.165) is 5.56 Å². The molecule has 0 fully saturated rings. The van der Waals surface area contributed by atoms with Crippen LogP contribution in [-0.2, 0) is 11.3 Å². The van der Waals surface area contributed by atoms with Gasteiger partial charge in [0.25, 0.3) is 0 Å². The Morgan fingerprint density at radius 3 is 2.39 bits per heavy atom. The smallest absolute Gasteiger partial charge is 0.315 e. The maximum atomic E-state index is 11.2. The first-order valence-electron chi connectivity index (χ1n) is 5.62. The van der Waals surface area contributed by atoms with Crippen LogP contribution in [0.25, 0.3) is 0 Å². The molecule has 0 aliphatic rings. The minimum atomic E-state index is -0.245. The van der Waals surface area contributed by atoms with Gasteiger partial charge in [-0.2, -0.15) is 0 Å². The van der Waals surface area contributed by atoms with Gasteiger partial charge in [0.2, 0.25) is 5.91 Å². The van der Waals surface area contributed by atoms with Gasteiger partial charge < -0.3 is 16.0 Å². The largest absolute Gasteiger partial charge is 0.338 e. The molecule has 0 aliphatic carbocycles. The van der Waals surface area contributed by atoms with Crippen molar-refractivity contribution in [2.24, 2.45) is 0 Å². The van der Waals surface area contributed by atoms with Gasteiger partial charge in [-0.25, -0.2) is 4.79 Å². The summed E-state index contributed by atoms with van der Waals surface area (Å²) in [6.07, 6.45) is 0. The molecule has 0 heterocycles. The Labute approximate surface area is 111 Å². The van der Waals surface area contributed by atoms with Gasteiger partial charge in [0.05, 0.1) is 0 Å². The third-order valence-electron chi connectivity index (χ3n) is 2.15. The molecular weight excluding hydrogens is 254 g/mol. The first-order chi connectivity index (χ1) is 8.65. The Hall–Kier alpha value is -1.75. The molecular formula is C12H16ClN3O2. The van der Waals surface area contributed by atoms with E-state index in [0.29, 0.717) is 18.8 Å². The highest BCUT2D eigenvalue weighted by molar-refractivity contribution is 6.29. The van der Waals surface area contributed by atoms with E-state index in [4.69, 9.17) is 11.6 Å². The van der Waals surface area contributed by atoms with Crippen LogP contribution in [-0.4, -0.2) is 24.4 Å². The fourth-order valence-electron chi connectivity index (χ4n) is 1.31. The van der Waals surface area contributed by atoms with Gasteiger partial charge in [0.1, 0.15) is 5.88 Å². The third kappa shape index (κ3) is 5.05. The van der Waals surface area contributed by atoms with E-state index in [1.165, 1.54) is 0 Å². The fourth-order valence-corrected chi connectivity index (χ4v) is 1.37. The molecule has 0 saturated heterocycles. The van der Waals surface area contributed by atoms with E-state index in [1.807, 2.05) is 19.1 Å². The number of nitrogens with one attached hydrogen (secondary N) is 3. The van der Waals surface area contributed by atoms with E-state index < -0.39 is 0 Å². The summed E-state index contributed by atoms with van der Waals surface area (Å²) in [5.74, 6) is -0.314. The number of carbonyl (C=O) groups excluding carboxylic acids is 2. The summed E-state index contributed by atoms with van der Waals surface area (Å²) < 4.78 is 0. The number of rotatable bonds is 5. The number of hydrogen-bond donors (Lipinski definition) is 3. The van der Waals surface area contributed by atoms with Crippen LogP contribution < -0.4 is 16.0 Å². The number of benzene rings is 1. The van der Waals surface area contributed by atoms with Crippen LogP contribution in [0, 0.1) is 0 Å². The molecule has 1 rings (SSSR count). The molecule has 0 saturated carbocycles. The third-order valence-corrected chi connectivity index (χ3v) is 2.39. The summed E-state index contributed by atoms with van der Waals surface area (Å²) >= 11 is 5.38. The van der Waals surface area contributed by atoms with Gasteiger partial charge in [0.15, 0.2) is 0 Å². The minimum absolute atomic E-state index is 0.0690. The van der Waals surface area contributed by atoms with Crippen molar-refractivity contribution >= 4 is 29.2 Å². The Kier molecular flexibility index (Phi) is 6.00. The highest BCUT2D eigenvalue weighted by Gasteiger charge is 2.01. The molecule has 0 aliphatic heterocycles. The van der Waals surface area contributed by atoms with Crippen molar-refractivity contribution in [3.63, 3.8) is 0 Å². The topological polar surface area (TPSA) is 70.2 Å². The number of halogens is 1. The zero-order valence-electron chi connectivity index (χ0n) is 10.1. The highest BCUT2D eigenvalue weighted by atomic mass is 35.5. The maximum absolute atomic E-state index is 11.2. The van der Waals surface area contributed by atoms with E-state index in [9.17, 15) is 9.59 Å². The molecule has 0 aromatic heterocycles. The lowest BCUT2D eigenvalue weighted by Gasteiger charge is -2.07. The highest BCUT2D eigenvalue weighted by Crippen LogP contribution is 2.09. The lowest BCUT2D eigenvalue weighted by atomic mass is 10.2. The molecule has 3 amide bonds. The number of anilines is 1. The van der Waals surface area contributed by atoms with Crippen LogP contribution in [0.1, 0.15) is 12.5 Å². The van der Waals surface area contributed by atoms with Gasteiger partial charge in [-0.1, -0.05) is 12.1 Å². The van der Waals surface area contributed by atoms with E-state index in [1.54, 1.807) is 12.1 Å². The van der Waals surface area contributed by atoms with Crippen LogP contribution in [0.5, 0.6) is 0 Å². The fraction of sp³-hybridized carbons (Fsp3) is 0.333. The SMILES string of the molecule is CCNC(=O)NCc1ccc(NC(=O)CCl)cc1. The normalized spacial score (nSPS) is 9.67. The lowest BCUT2D eigenvalue weighted by Crippen LogP contribution is -2.34. The predicted octanol–water partition coefficient (Wildman–Crippen LogP) is 1.68. The Balaban J connectivity index is 2.45. The van der Waals surface area contributed by atoms with Gasteiger partial charge in [-0.15, -0.1) is 11.6 Å². The molecule has 0 spiro atoms. The van der Waals surface area contributed by atoms with Crippen LogP contribution in [0.3, 0.4) is 0 Å². The second-order valence-corrected chi connectivity index (χ2v) is 3.86. The van der Waals surface area contributed by atoms with Crippen LogP contribution in [0.4, 0.5) is 10.5 Å². The summed E-state index contributed by atoms with van der Waals surface area (Å²) in [7, 11) is 0. The van der Waals surface area contributed by atoms with Gasteiger partial charge in [-0.3, -0.25) is 4.79 Å². The number of carbonyl (C=O) groups is 2. The summed E-state index contributed by atoms with van der Waals surface area (Å²) in [6.45, 7) is 2.89. The zero-order valence-corrected chi connectivity index (χ0v) is 10.9. The van der Waals surface area contributed by atoms with Gasteiger partial charge in [0, 0.05) is 18.8 Å². The van der Waals surface area contributed by atoms with Crippen LogP contribution in [0.2, 0.25) is 0 Å². The molecule has 0 atom stereocenters. The molecule has 1 aromatic carbocycles. The van der Waals surface area contributed by atoms with E-state index in [-0.39, 0.29) is 17.8 Å². The van der Waals surface area contributed by atoms with Crippen molar-refractivity contribution in [3.8, 4) is 0 Å². The number of hydrogen-bond acceptors (Lipinski definition) is 2. The average molecular weight is 270 g/mol. The maximum Gasteiger partial charge on any atom is 0.315 e. The van der Waals surface area contributed by atoms with Crippen molar-refractivity contribution in [1.29, 1.82) is 0 Å². The quantitative estimate of drug-likeness (QED) is 0.712. The molecule has 1 aromatic rings. The van der Waals surface area contributed by atoms with Crippen molar-refractivity contribution in [3.05, 3.63) is 29.8 Å². The van der Waals surface area contributed by atoms with Crippen molar-refractivity contribution < 1.29 is 9.59 Å². The summed E-state index contributed by atoms with van der Waals surface area (Å²) in [5, 5.41) is 7.99. The molecule has 0 radical (unpaired) electrons. The Bertz CT molecular complexity index is 406. The lowest BCUT2D eigenvalue weighted by molar-refractivity contribution is -0.113. The van der Waals surface area contributed by atoms with Crippen molar-refractivity contribution in [2.45, 2.75) is 13.5 Å². The molecule has 98 valence electrons. The number of urea groups is 1.